The van der Waals surface area contributed by atoms with Crippen LogP contribution in [-0.4, -0.2) is 15.3 Å². The summed E-state index contributed by atoms with van der Waals surface area (Å²) in [5.74, 6) is 0.408. The maximum atomic E-state index is 10.7. The lowest BCUT2D eigenvalue weighted by Gasteiger charge is -2.13. The van der Waals surface area contributed by atoms with Crippen LogP contribution in [0.2, 0.25) is 5.02 Å². The fraction of sp³-hybridized carbons (Fsp3) is 0.100. The lowest BCUT2D eigenvalue weighted by molar-refractivity contribution is 0.457. The fourth-order valence-corrected chi connectivity index (χ4v) is 3.87. The zero-order chi connectivity index (χ0) is 18.8. The van der Waals surface area contributed by atoms with Crippen LogP contribution in [0, 0.1) is 0 Å². The van der Waals surface area contributed by atoms with Crippen LogP contribution in [0.4, 0.5) is 0 Å². The average molecular weight is 499 g/mol. The van der Waals surface area contributed by atoms with Gasteiger partial charge in [0.05, 0.1) is 0 Å². The minimum atomic E-state index is 0.105. The van der Waals surface area contributed by atoms with Crippen molar-refractivity contribution >= 4 is 43.5 Å². The molecule has 0 aliphatic rings. The van der Waals surface area contributed by atoms with Gasteiger partial charge < -0.3 is 15.3 Å². The molecule has 0 unspecified atom stereocenters. The summed E-state index contributed by atoms with van der Waals surface area (Å²) in [6, 6.07) is 13.7. The number of phenols is 3. The van der Waals surface area contributed by atoms with Crippen molar-refractivity contribution in [1.82, 2.24) is 0 Å². The second kappa shape index (κ2) is 7.91. The third-order valence-corrected chi connectivity index (χ3v) is 5.28. The van der Waals surface area contributed by atoms with E-state index >= 15 is 0 Å². The predicted molar refractivity (Wildman–Crippen MR) is 110 cm³/mol. The second-order valence-corrected chi connectivity index (χ2v) is 8.24. The first kappa shape index (κ1) is 19.1. The molecule has 0 radical (unpaired) electrons. The van der Waals surface area contributed by atoms with Crippen LogP contribution in [0.3, 0.4) is 0 Å². The number of rotatable bonds is 4. The minimum absolute atomic E-state index is 0.105. The summed E-state index contributed by atoms with van der Waals surface area (Å²) < 4.78 is 1.68. The molecule has 0 atom stereocenters. The van der Waals surface area contributed by atoms with Crippen molar-refractivity contribution in [2.24, 2.45) is 0 Å². The summed E-state index contributed by atoms with van der Waals surface area (Å²) in [4.78, 5) is 0. The summed E-state index contributed by atoms with van der Waals surface area (Å²) in [5, 5.41) is 31.3. The van der Waals surface area contributed by atoms with Gasteiger partial charge in [-0.15, -0.1) is 0 Å². The number of hydrogen-bond acceptors (Lipinski definition) is 3. The van der Waals surface area contributed by atoms with Crippen molar-refractivity contribution in [2.75, 3.05) is 0 Å². The molecular formula is C20H15Br2ClO3. The largest absolute Gasteiger partial charge is 0.508 e. The molecule has 0 aliphatic carbocycles. The SMILES string of the molecule is Oc1ccc(Br)cc1Cc1cc(Cl)cc(Cc2cc(Br)ccc2O)c1O. The molecule has 3 aromatic carbocycles. The van der Waals surface area contributed by atoms with Gasteiger partial charge in [0, 0.05) is 37.9 Å². The maximum absolute atomic E-state index is 10.7. The van der Waals surface area contributed by atoms with Crippen molar-refractivity contribution in [2.45, 2.75) is 12.8 Å². The summed E-state index contributed by atoms with van der Waals surface area (Å²) in [6.45, 7) is 0. The van der Waals surface area contributed by atoms with Gasteiger partial charge in [-0.3, -0.25) is 0 Å². The van der Waals surface area contributed by atoms with Gasteiger partial charge in [0.25, 0.3) is 0 Å². The molecule has 134 valence electrons. The van der Waals surface area contributed by atoms with Crippen LogP contribution in [0.25, 0.3) is 0 Å². The second-order valence-electron chi connectivity index (χ2n) is 5.97. The van der Waals surface area contributed by atoms with Gasteiger partial charge >= 0.3 is 0 Å². The first-order valence-corrected chi connectivity index (χ1v) is 9.75. The van der Waals surface area contributed by atoms with Crippen molar-refractivity contribution in [3.05, 3.63) is 84.8 Å². The van der Waals surface area contributed by atoms with E-state index < -0.39 is 0 Å². The topological polar surface area (TPSA) is 60.7 Å². The standard InChI is InChI=1S/C20H15Br2ClO3/c21-15-1-3-18(24)11(7-15)5-13-9-17(23)10-14(20(13)26)6-12-8-16(22)2-4-19(12)25/h1-4,7-10,24-26H,5-6H2. The first-order valence-electron chi connectivity index (χ1n) is 7.78. The molecular weight excluding hydrogens is 483 g/mol. The Labute approximate surface area is 173 Å². The first-order chi connectivity index (χ1) is 12.3. The van der Waals surface area contributed by atoms with Gasteiger partial charge in [-0.1, -0.05) is 43.5 Å². The molecule has 3 rings (SSSR count). The van der Waals surface area contributed by atoms with Gasteiger partial charge in [0.2, 0.25) is 0 Å². The fourth-order valence-electron chi connectivity index (χ4n) is 2.79. The van der Waals surface area contributed by atoms with E-state index in [4.69, 9.17) is 11.6 Å². The Hall–Kier alpha value is -1.69. The summed E-state index contributed by atoms with van der Waals surface area (Å²) >= 11 is 13.0. The summed E-state index contributed by atoms with van der Waals surface area (Å²) in [5.41, 5.74) is 2.56. The van der Waals surface area contributed by atoms with Crippen LogP contribution < -0.4 is 0 Å². The highest BCUT2D eigenvalue weighted by atomic mass is 79.9. The van der Waals surface area contributed by atoms with E-state index in [1.165, 1.54) is 0 Å². The summed E-state index contributed by atoms with van der Waals surface area (Å²) in [7, 11) is 0. The Morgan fingerprint density at radius 2 is 1.08 bits per heavy atom. The summed E-state index contributed by atoms with van der Waals surface area (Å²) in [6.07, 6.45) is 0.657. The van der Waals surface area contributed by atoms with Gasteiger partial charge in [-0.25, -0.2) is 0 Å². The molecule has 0 saturated heterocycles. The third-order valence-electron chi connectivity index (χ3n) is 4.08. The number of hydrogen-bond donors (Lipinski definition) is 3. The number of benzene rings is 3. The molecule has 0 bridgehead atoms. The van der Waals surface area contributed by atoms with E-state index in [1.807, 2.05) is 0 Å². The van der Waals surface area contributed by atoms with Crippen LogP contribution in [0.5, 0.6) is 17.2 Å². The molecule has 6 heteroatoms. The zero-order valence-electron chi connectivity index (χ0n) is 13.5. The van der Waals surface area contributed by atoms with E-state index in [2.05, 4.69) is 31.9 Å². The Kier molecular flexibility index (Phi) is 5.80. The van der Waals surface area contributed by atoms with Crippen LogP contribution in [0.15, 0.2) is 57.5 Å². The molecule has 0 aliphatic heterocycles. The van der Waals surface area contributed by atoms with Gasteiger partial charge in [0.1, 0.15) is 17.2 Å². The van der Waals surface area contributed by atoms with E-state index in [1.54, 1.807) is 48.5 Å². The molecule has 0 heterocycles. The van der Waals surface area contributed by atoms with Crippen molar-refractivity contribution in [1.29, 1.82) is 0 Å². The number of halogens is 3. The van der Waals surface area contributed by atoms with E-state index in [0.29, 0.717) is 40.1 Å². The average Bonchev–Trinajstić information content (AvgIpc) is 2.58. The van der Waals surface area contributed by atoms with Gasteiger partial charge in [-0.2, -0.15) is 0 Å². The molecule has 0 spiro atoms. The van der Waals surface area contributed by atoms with Crippen LogP contribution in [-0.2, 0) is 12.8 Å². The Morgan fingerprint density at radius 1 is 0.654 bits per heavy atom. The molecule has 3 nitrogen and oxygen atoms in total. The molecule has 0 saturated carbocycles. The molecule has 0 amide bonds. The quantitative estimate of drug-likeness (QED) is 0.404. The number of phenolic OH excluding ortho intramolecular Hbond substituents is 3. The monoisotopic (exact) mass is 496 g/mol. The smallest absolute Gasteiger partial charge is 0.122 e. The van der Waals surface area contributed by atoms with E-state index in [9.17, 15) is 15.3 Å². The van der Waals surface area contributed by atoms with Crippen molar-refractivity contribution in [3.63, 3.8) is 0 Å². The van der Waals surface area contributed by atoms with E-state index in [0.717, 1.165) is 8.95 Å². The van der Waals surface area contributed by atoms with Gasteiger partial charge in [-0.05, 0) is 59.7 Å². The molecule has 0 aromatic heterocycles. The van der Waals surface area contributed by atoms with Crippen LogP contribution in [0.1, 0.15) is 22.3 Å². The normalized spacial score (nSPS) is 10.9. The number of aromatic hydroxyl groups is 3. The predicted octanol–water partition coefficient (Wildman–Crippen LogP) is 6.16. The zero-order valence-corrected chi connectivity index (χ0v) is 17.4. The lowest BCUT2D eigenvalue weighted by atomic mass is 9.97. The highest BCUT2D eigenvalue weighted by molar-refractivity contribution is 9.10. The third kappa shape index (κ3) is 4.34. The van der Waals surface area contributed by atoms with Crippen LogP contribution >= 0.6 is 43.5 Å². The molecule has 26 heavy (non-hydrogen) atoms. The molecule has 3 N–H and O–H groups in total. The minimum Gasteiger partial charge on any atom is -0.508 e. The lowest BCUT2D eigenvalue weighted by Crippen LogP contribution is -1.96. The van der Waals surface area contributed by atoms with Gasteiger partial charge in [0.15, 0.2) is 0 Å². The van der Waals surface area contributed by atoms with Crippen molar-refractivity contribution < 1.29 is 15.3 Å². The Balaban J connectivity index is 1.98. The molecule has 3 aromatic rings. The maximum Gasteiger partial charge on any atom is 0.122 e. The Bertz CT molecular complexity index is 899. The highest BCUT2D eigenvalue weighted by Gasteiger charge is 2.14. The van der Waals surface area contributed by atoms with Crippen molar-refractivity contribution in [3.8, 4) is 17.2 Å². The van der Waals surface area contributed by atoms with E-state index in [-0.39, 0.29) is 17.2 Å². The molecule has 0 fully saturated rings. The Morgan fingerprint density at radius 3 is 1.50 bits per heavy atom. The highest BCUT2D eigenvalue weighted by Crippen LogP contribution is 2.35.